The Labute approximate surface area is 129 Å². The van der Waals surface area contributed by atoms with E-state index >= 15 is 0 Å². The van der Waals surface area contributed by atoms with Crippen LogP contribution < -0.4 is 0 Å². The SMILES string of the molecule is CN1Cc2cncn2[C@]2(CCCN(Cc3nccs3)C2)C1. The summed E-state index contributed by atoms with van der Waals surface area (Å²) in [5.74, 6) is 0. The minimum absolute atomic E-state index is 0.189. The Hall–Kier alpha value is -1.24. The van der Waals surface area contributed by atoms with Gasteiger partial charge in [0.2, 0.25) is 0 Å². The monoisotopic (exact) mass is 303 g/mol. The van der Waals surface area contributed by atoms with Gasteiger partial charge in [-0.3, -0.25) is 9.80 Å². The largest absolute Gasteiger partial charge is 0.325 e. The van der Waals surface area contributed by atoms with Crippen molar-refractivity contribution in [3.05, 3.63) is 34.8 Å². The summed E-state index contributed by atoms with van der Waals surface area (Å²) < 4.78 is 2.45. The first-order valence-corrected chi connectivity index (χ1v) is 8.44. The first kappa shape index (κ1) is 13.4. The first-order valence-electron chi connectivity index (χ1n) is 7.56. The Bertz CT molecular complexity index is 607. The van der Waals surface area contributed by atoms with E-state index in [0.717, 1.165) is 26.2 Å². The molecule has 5 nitrogen and oxygen atoms in total. The fourth-order valence-electron chi connectivity index (χ4n) is 3.97. The number of thiazole rings is 1. The normalized spacial score (nSPS) is 27.1. The Morgan fingerprint density at radius 3 is 3.19 bits per heavy atom. The van der Waals surface area contributed by atoms with E-state index in [1.165, 1.54) is 30.1 Å². The summed E-state index contributed by atoms with van der Waals surface area (Å²) in [4.78, 5) is 13.8. The highest BCUT2D eigenvalue weighted by atomic mass is 32.1. The summed E-state index contributed by atoms with van der Waals surface area (Å²) in [6, 6.07) is 0. The van der Waals surface area contributed by atoms with E-state index in [-0.39, 0.29) is 5.54 Å². The van der Waals surface area contributed by atoms with E-state index in [1.54, 1.807) is 11.3 Å². The average Bonchev–Trinajstić information content (AvgIpc) is 3.10. The van der Waals surface area contributed by atoms with E-state index in [9.17, 15) is 0 Å². The van der Waals surface area contributed by atoms with E-state index in [0.29, 0.717) is 0 Å². The minimum atomic E-state index is 0.189. The Kier molecular flexibility index (Phi) is 3.32. The third kappa shape index (κ3) is 2.41. The van der Waals surface area contributed by atoms with Gasteiger partial charge in [-0.25, -0.2) is 9.97 Å². The van der Waals surface area contributed by atoms with Crippen LogP contribution in [0.4, 0.5) is 0 Å². The molecule has 2 aliphatic rings. The molecular weight excluding hydrogens is 282 g/mol. The highest BCUT2D eigenvalue weighted by Crippen LogP contribution is 2.35. The molecule has 0 aromatic carbocycles. The maximum Gasteiger partial charge on any atom is 0.107 e. The third-order valence-corrected chi connectivity index (χ3v) is 5.46. The fourth-order valence-corrected chi connectivity index (χ4v) is 4.62. The van der Waals surface area contributed by atoms with Crippen LogP contribution in [-0.4, -0.2) is 51.0 Å². The second kappa shape index (κ2) is 5.19. The molecule has 1 atom stereocenters. The molecule has 2 aliphatic heterocycles. The topological polar surface area (TPSA) is 37.2 Å². The van der Waals surface area contributed by atoms with E-state index in [2.05, 4.69) is 36.8 Å². The molecule has 0 saturated carbocycles. The number of piperidine rings is 1. The molecule has 0 unspecified atom stereocenters. The number of nitrogens with zero attached hydrogens (tertiary/aromatic N) is 5. The zero-order valence-electron chi connectivity index (χ0n) is 12.4. The van der Waals surface area contributed by atoms with E-state index < -0.39 is 0 Å². The van der Waals surface area contributed by atoms with Gasteiger partial charge in [0.1, 0.15) is 5.01 Å². The molecule has 0 N–H and O–H groups in total. The Balaban J connectivity index is 1.60. The summed E-state index contributed by atoms with van der Waals surface area (Å²) in [6.07, 6.45) is 8.46. The van der Waals surface area contributed by atoms with Gasteiger partial charge in [-0.05, 0) is 26.4 Å². The molecule has 2 aromatic heterocycles. The van der Waals surface area contributed by atoms with Crippen molar-refractivity contribution in [2.24, 2.45) is 0 Å². The van der Waals surface area contributed by atoms with Crippen molar-refractivity contribution in [1.29, 1.82) is 0 Å². The second-order valence-corrected chi connectivity index (χ2v) is 7.37. The zero-order chi connectivity index (χ0) is 14.3. The minimum Gasteiger partial charge on any atom is -0.325 e. The van der Waals surface area contributed by atoms with Crippen molar-refractivity contribution in [2.45, 2.75) is 31.5 Å². The molecule has 4 rings (SSSR count). The molecule has 0 aliphatic carbocycles. The van der Waals surface area contributed by atoms with Crippen LogP contribution in [0, 0.1) is 0 Å². The molecule has 1 saturated heterocycles. The average molecular weight is 303 g/mol. The lowest BCUT2D eigenvalue weighted by Crippen LogP contribution is -2.57. The predicted molar refractivity (Wildman–Crippen MR) is 83.2 cm³/mol. The summed E-state index contributed by atoms with van der Waals surface area (Å²) >= 11 is 1.76. The molecule has 6 heteroatoms. The van der Waals surface area contributed by atoms with Gasteiger partial charge in [0, 0.05) is 37.4 Å². The molecule has 0 bridgehead atoms. The van der Waals surface area contributed by atoms with Gasteiger partial charge in [-0.1, -0.05) is 0 Å². The quantitative estimate of drug-likeness (QED) is 0.847. The molecule has 0 radical (unpaired) electrons. The number of rotatable bonds is 2. The van der Waals surface area contributed by atoms with Crippen LogP contribution in [0.15, 0.2) is 24.1 Å². The molecule has 2 aromatic rings. The predicted octanol–water partition coefficient (Wildman–Crippen LogP) is 1.78. The van der Waals surface area contributed by atoms with Crippen molar-refractivity contribution < 1.29 is 0 Å². The third-order valence-electron chi connectivity index (χ3n) is 4.70. The summed E-state index contributed by atoms with van der Waals surface area (Å²) in [6.45, 7) is 5.38. The second-order valence-electron chi connectivity index (χ2n) is 6.39. The van der Waals surface area contributed by atoms with Crippen LogP contribution in [0.3, 0.4) is 0 Å². The standard InChI is InChI=1S/C15H21N5S/c1-18-8-13-7-16-12-20(13)15(10-18)3-2-5-19(11-15)9-14-17-4-6-21-14/h4,6-7,12H,2-3,5,8-11H2,1H3/t15-/m1/s1. The van der Waals surface area contributed by atoms with Crippen molar-refractivity contribution >= 4 is 11.3 Å². The van der Waals surface area contributed by atoms with E-state index in [1.807, 2.05) is 18.7 Å². The van der Waals surface area contributed by atoms with Gasteiger partial charge in [0.15, 0.2) is 0 Å². The Morgan fingerprint density at radius 1 is 1.38 bits per heavy atom. The maximum absolute atomic E-state index is 4.44. The van der Waals surface area contributed by atoms with Gasteiger partial charge >= 0.3 is 0 Å². The number of aromatic nitrogens is 3. The van der Waals surface area contributed by atoms with Crippen molar-refractivity contribution in [2.75, 3.05) is 26.7 Å². The molecule has 21 heavy (non-hydrogen) atoms. The van der Waals surface area contributed by atoms with Crippen LogP contribution in [0.2, 0.25) is 0 Å². The smallest absolute Gasteiger partial charge is 0.107 e. The number of fused-ring (bicyclic) bond motifs is 2. The number of imidazole rings is 1. The van der Waals surface area contributed by atoms with Crippen LogP contribution in [-0.2, 0) is 18.6 Å². The van der Waals surface area contributed by atoms with E-state index in [4.69, 9.17) is 0 Å². The fraction of sp³-hybridized carbons (Fsp3) is 0.600. The summed E-state index contributed by atoms with van der Waals surface area (Å²) in [5, 5.41) is 3.29. The number of likely N-dealkylation sites (N-methyl/N-ethyl adjacent to an activating group) is 1. The van der Waals surface area contributed by atoms with Crippen LogP contribution in [0.5, 0.6) is 0 Å². The summed E-state index contributed by atoms with van der Waals surface area (Å²) in [5.41, 5.74) is 1.54. The highest BCUT2D eigenvalue weighted by molar-refractivity contribution is 7.09. The molecule has 4 heterocycles. The molecule has 0 amide bonds. The maximum atomic E-state index is 4.44. The highest BCUT2D eigenvalue weighted by Gasteiger charge is 2.41. The van der Waals surface area contributed by atoms with Crippen LogP contribution in [0.25, 0.3) is 0 Å². The van der Waals surface area contributed by atoms with Gasteiger partial charge in [0.05, 0.1) is 24.1 Å². The molecular formula is C15H21N5S. The van der Waals surface area contributed by atoms with Gasteiger partial charge < -0.3 is 4.57 Å². The lowest BCUT2D eigenvalue weighted by atomic mass is 9.86. The molecule has 1 spiro atoms. The van der Waals surface area contributed by atoms with Crippen LogP contribution in [0.1, 0.15) is 23.5 Å². The lowest BCUT2D eigenvalue weighted by molar-refractivity contribution is 0.0372. The number of likely N-dealkylation sites (tertiary alicyclic amines) is 1. The first-order chi connectivity index (χ1) is 10.3. The van der Waals surface area contributed by atoms with Crippen molar-refractivity contribution in [3.8, 4) is 0 Å². The van der Waals surface area contributed by atoms with Crippen molar-refractivity contribution in [1.82, 2.24) is 24.3 Å². The Morgan fingerprint density at radius 2 is 2.33 bits per heavy atom. The number of hydrogen-bond acceptors (Lipinski definition) is 5. The zero-order valence-corrected chi connectivity index (χ0v) is 13.2. The molecule has 1 fully saturated rings. The van der Waals surface area contributed by atoms with Gasteiger partial charge in [0.25, 0.3) is 0 Å². The van der Waals surface area contributed by atoms with Gasteiger partial charge in [-0.15, -0.1) is 11.3 Å². The van der Waals surface area contributed by atoms with Gasteiger partial charge in [-0.2, -0.15) is 0 Å². The van der Waals surface area contributed by atoms with Crippen LogP contribution >= 0.6 is 11.3 Å². The van der Waals surface area contributed by atoms with Crippen molar-refractivity contribution in [3.63, 3.8) is 0 Å². The number of hydrogen-bond donors (Lipinski definition) is 0. The lowest BCUT2D eigenvalue weighted by Gasteiger charge is -2.48. The molecule has 112 valence electrons. The summed E-state index contributed by atoms with van der Waals surface area (Å²) in [7, 11) is 2.22.